The SMILES string of the molecule is CC(=O)N[C@H]1[C@H](OCc2ccccc2)O[C@H](COC(C)=O)[C@@H](OC(C)=O)[C@@H]1OC(C)=O. The van der Waals surface area contributed by atoms with E-state index in [1.54, 1.807) is 0 Å². The first kappa shape index (κ1) is 24.3. The summed E-state index contributed by atoms with van der Waals surface area (Å²) in [6, 6.07) is 8.25. The Morgan fingerprint density at radius 1 is 0.903 bits per heavy atom. The first-order chi connectivity index (χ1) is 14.7. The molecular formula is C21H27NO9. The maximum Gasteiger partial charge on any atom is 0.303 e. The minimum Gasteiger partial charge on any atom is -0.463 e. The predicted octanol–water partition coefficient (Wildman–Crippen LogP) is 0.859. The average molecular weight is 437 g/mol. The lowest BCUT2D eigenvalue weighted by Crippen LogP contribution is -2.66. The molecule has 1 fully saturated rings. The van der Waals surface area contributed by atoms with Gasteiger partial charge in [-0.25, -0.2) is 0 Å². The fourth-order valence-electron chi connectivity index (χ4n) is 3.19. The fourth-order valence-corrected chi connectivity index (χ4v) is 3.19. The predicted molar refractivity (Wildman–Crippen MR) is 105 cm³/mol. The Bertz CT molecular complexity index is 782. The van der Waals surface area contributed by atoms with Gasteiger partial charge in [-0.05, 0) is 5.56 Å². The molecule has 10 nitrogen and oxygen atoms in total. The zero-order valence-electron chi connectivity index (χ0n) is 17.9. The Labute approximate surface area is 180 Å². The Morgan fingerprint density at radius 3 is 2.06 bits per heavy atom. The molecule has 1 aliphatic heterocycles. The van der Waals surface area contributed by atoms with Crippen LogP contribution in [0.4, 0.5) is 0 Å². The number of carbonyl (C=O) groups excluding carboxylic acids is 4. The van der Waals surface area contributed by atoms with E-state index in [0.29, 0.717) is 0 Å². The van der Waals surface area contributed by atoms with Crippen molar-refractivity contribution in [2.75, 3.05) is 6.61 Å². The molecule has 1 amide bonds. The van der Waals surface area contributed by atoms with E-state index in [0.717, 1.165) is 5.56 Å². The van der Waals surface area contributed by atoms with E-state index in [-0.39, 0.29) is 13.2 Å². The van der Waals surface area contributed by atoms with Gasteiger partial charge in [-0.15, -0.1) is 0 Å². The first-order valence-electron chi connectivity index (χ1n) is 9.73. The van der Waals surface area contributed by atoms with Crippen LogP contribution < -0.4 is 5.32 Å². The molecule has 1 aromatic carbocycles. The summed E-state index contributed by atoms with van der Waals surface area (Å²) in [5, 5.41) is 2.65. The molecule has 0 unspecified atom stereocenters. The third-order valence-corrected chi connectivity index (χ3v) is 4.33. The molecule has 1 saturated heterocycles. The summed E-state index contributed by atoms with van der Waals surface area (Å²) in [5.41, 5.74) is 0.843. The molecule has 5 atom stereocenters. The van der Waals surface area contributed by atoms with Crippen molar-refractivity contribution in [3.63, 3.8) is 0 Å². The lowest BCUT2D eigenvalue weighted by Gasteiger charge is -2.44. The maximum atomic E-state index is 11.8. The standard InChI is InChI=1S/C21H27NO9/c1-12(23)22-18-20(30-15(4)26)19(29-14(3)25)17(11-27-13(2)24)31-21(18)28-10-16-8-6-5-7-9-16/h5-9,17-21H,10-11H2,1-4H3,(H,22,23)/t17-,18-,19-,20-,21-/m1/s1. The number of hydrogen-bond donors (Lipinski definition) is 1. The summed E-state index contributed by atoms with van der Waals surface area (Å²) >= 11 is 0. The quantitative estimate of drug-likeness (QED) is 0.465. The molecule has 1 heterocycles. The highest BCUT2D eigenvalue weighted by atomic mass is 16.7. The number of amides is 1. The zero-order valence-corrected chi connectivity index (χ0v) is 17.9. The zero-order chi connectivity index (χ0) is 23.0. The molecule has 0 spiro atoms. The molecule has 0 aliphatic carbocycles. The van der Waals surface area contributed by atoms with Crippen LogP contribution in [0.2, 0.25) is 0 Å². The highest BCUT2D eigenvalue weighted by Gasteiger charge is 2.51. The van der Waals surface area contributed by atoms with Gasteiger partial charge in [-0.2, -0.15) is 0 Å². The van der Waals surface area contributed by atoms with Crippen molar-refractivity contribution in [2.45, 2.75) is 64.9 Å². The summed E-state index contributed by atoms with van der Waals surface area (Å²) in [5.74, 6) is -2.32. The molecule has 0 saturated carbocycles. The molecule has 1 aliphatic rings. The van der Waals surface area contributed by atoms with Crippen molar-refractivity contribution in [2.24, 2.45) is 0 Å². The van der Waals surface area contributed by atoms with Gasteiger partial charge in [0.15, 0.2) is 18.5 Å². The molecule has 1 aromatic rings. The Hall–Kier alpha value is -2.98. The molecule has 1 N–H and O–H groups in total. The molecule has 0 bridgehead atoms. The average Bonchev–Trinajstić information content (AvgIpc) is 2.68. The van der Waals surface area contributed by atoms with Gasteiger partial charge in [0.05, 0.1) is 6.61 Å². The van der Waals surface area contributed by atoms with Gasteiger partial charge >= 0.3 is 17.9 Å². The van der Waals surface area contributed by atoms with E-state index in [1.165, 1.54) is 27.7 Å². The highest BCUT2D eigenvalue weighted by molar-refractivity contribution is 5.73. The second-order valence-corrected chi connectivity index (χ2v) is 7.02. The fraction of sp³-hybridized carbons (Fsp3) is 0.524. The molecule has 0 radical (unpaired) electrons. The van der Waals surface area contributed by atoms with Crippen molar-refractivity contribution in [1.82, 2.24) is 5.32 Å². The summed E-state index contributed by atoms with van der Waals surface area (Å²) in [4.78, 5) is 46.7. The number of rotatable bonds is 8. The van der Waals surface area contributed by atoms with Gasteiger partial charge in [0, 0.05) is 27.7 Å². The van der Waals surface area contributed by atoms with E-state index in [1.807, 2.05) is 30.3 Å². The topological polar surface area (TPSA) is 126 Å². The normalized spacial score (nSPS) is 25.2. The number of esters is 3. The van der Waals surface area contributed by atoms with E-state index in [2.05, 4.69) is 5.32 Å². The van der Waals surface area contributed by atoms with Crippen molar-refractivity contribution in [3.05, 3.63) is 35.9 Å². The number of carbonyl (C=O) groups is 4. The molecule has 2 rings (SSSR count). The lowest BCUT2D eigenvalue weighted by atomic mass is 9.96. The maximum absolute atomic E-state index is 11.8. The minimum absolute atomic E-state index is 0.132. The Morgan fingerprint density at radius 2 is 1.52 bits per heavy atom. The molecular weight excluding hydrogens is 410 g/mol. The van der Waals surface area contributed by atoms with Crippen LogP contribution in [0.25, 0.3) is 0 Å². The molecule has 170 valence electrons. The van der Waals surface area contributed by atoms with Crippen LogP contribution in [-0.4, -0.2) is 61.1 Å². The van der Waals surface area contributed by atoms with Crippen LogP contribution in [0.3, 0.4) is 0 Å². The van der Waals surface area contributed by atoms with Crippen molar-refractivity contribution < 1.29 is 42.9 Å². The highest BCUT2D eigenvalue weighted by Crippen LogP contribution is 2.28. The van der Waals surface area contributed by atoms with Crippen LogP contribution in [0, 0.1) is 0 Å². The molecule has 31 heavy (non-hydrogen) atoms. The first-order valence-corrected chi connectivity index (χ1v) is 9.73. The van der Waals surface area contributed by atoms with E-state index in [4.69, 9.17) is 23.7 Å². The summed E-state index contributed by atoms with van der Waals surface area (Å²) < 4.78 is 27.6. The van der Waals surface area contributed by atoms with Crippen LogP contribution in [0.5, 0.6) is 0 Å². The Balaban J connectivity index is 2.35. The summed E-state index contributed by atoms with van der Waals surface area (Å²) in [7, 11) is 0. The number of ether oxygens (including phenoxy) is 5. The molecule has 10 heteroatoms. The molecule has 0 aromatic heterocycles. The van der Waals surface area contributed by atoms with Crippen molar-refractivity contribution in [3.8, 4) is 0 Å². The minimum atomic E-state index is -1.14. The second kappa shape index (κ2) is 11.4. The van der Waals surface area contributed by atoms with Crippen LogP contribution >= 0.6 is 0 Å². The van der Waals surface area contributed by atoms with Crippen molar-refractivity contribution >= 4 is 23.8 Å². The van der Waals surface area contributed by atoms with E-state index >= 15 is 0 Å². The third kappa shape index (κ3) is 7.65. The van der Waals surface area contributed by atoms with Gasteiger partial charge in [0.1, 0.15) is 18.8 Å². The second-order valence-electron chi connectivity index (χ2n) is 7.02. The van der Waals surface area contributed by atoms with Gasteiger partial charge in [0.2, 0.25) is 5.91 Å². The smallest absolute Gasteiger partial charge is 0.303 e. The number of hydrogen-bond acceptors (Lipinski definition) is 9. The van der Waals surface area contributed by atoms with Crippen LogP contribution in [0.15, 0.2) is 30.3 Å². The van der Waals surface area contributed by atoms with Gasteiger partial charge < -0.3 is 29.0 Å². The monoisotopic (exact) mass is 437 g/mol. The Kier molecular flexibility index (Phi) is 8.95. The van der Waals surface area contributed by atoms with Gasteiger partial charge in [-0.3, -0.25) is 19.2 Å². The van der Waals surface area contributed by atoms with Crippen LogP contribution in [-0.2, 0) is 49.5 Å². The van der Waals surface area contributed by atoms with Gasteiger partial charge in [0.25, 0.3) is 0 Å². The number of benzene rings is 1. The van der Waals surface area contributed by atoms with Crippen molar-refractivity contribution in [1.29, 1.82) is 0 Å². The largest absolute Gasteiger partial charge is 0.463 e. The summed E-state index contributed by atoms with van der Waals surface area (Å²) in [6.45, 7) is 4.72. The van der Waals surface area contributed by atoms with Crippen LogP contribution in [0.1, 0.15) is 33.3 Å². The lowest BCUT2D eigenvalue weighted by molar-refractivity contribution is -0.280. The van der Waals surface area contributed by atoms with Gasteiger partial charge in [-0.1, -0.05) is 30.3 Å². The summed E-state index contributed by atoms with van der Waals surface area (Å²) in [6.07, 6.45) is -4.36. The third-order valence-electron chi connectivity index (χ3n) is 4.33. The van der Waals surface area contributed by atoms with E-state index in [9.17, 15) is 19.2 Å². The van der Waals surface area contributed by atoms with E-state index < -0.39 is 54.5 Å². The number of nitrogens with one attached hydrogen (secondary N) is 1.